The molecule has 1 aromatic carbocycles. The molecule has 120 valence electrons. The number of nitrogens with two attached hydrogens (primary N) is 2. The number of carboxylic acids is 1. The topological polar surface area (TPSA) is 136 Å². The number of carbonyl (C=O) groups excluding carboxylic acids is 2. The van der Waals surface area contributed by atoms with Gasteiger partial charge in [0, 0.05) is 6.42 Å². The van der Waals surface area contributed by atoms with E-state index in [0.717, 1.165) is 5.56 Å². The first kappa shape index (κ1) is 17.6. The average molecular weight is 307 g/mol. The van der Waals surface area contributed by atoms with Crippen LogP contribution in [0.25, 0.3) is 0 Å². The number of primary amides is 1. The zero-order valence-corrected chi connectivity index (χ0v) is 12.2. The van der Waals surface area contributed by atoms with Gasteiger partial charge in [0.25, 0.3) is 0 Å². The van der Waals surface area contributed by atoms with Gasteiger partial charge in [-0.25, -0.2) is 4.79 Å². The van der Waals surface area contributed by atoms with Crippen molar-refractivity contribution in [3.8, 4) is 0 Å². The summed E-state index contributed by atoms with van der Waals surface area (Å²) in [6.45, 7) is 0. The van der Waals surface area contributed by atoms with Crippen molar-refractivity contribution in [3.05, 3.63) is 35.9 Å². The van der Waals surface area contributed by atoms with Crippen LogP contribution >= 0.6 is 0 Å². The van der Waals surface area contributed by atoms with Crippen molar-refractivity contribution in [3.63, 3.8) is 0 Å². The Kier molecular flexibility index (Phi) is 7.04. The highest BCUT2D eigenvalue weighted by atomic mass is 16.4. The molecule has 2 amide bonds. The molecule has 0 aliphatic carbocycles. The minimum atomic E-state index is -1.22. The van der Waals surface area contributed by atoms with Crippen molar-refractivity contribution < 1.29 is 19.5 Å². The Hall–Kier alpha value is -2.41. The number of amides is 2. The summed E-state index contributed by atoms with van der Waals surface area (Å²) in [6, 6.07) is 7.57. The maximum atomic E-state index is 11.9. The second-order valence-corrected chi connectivity index (χ2v) is 5.04. The lowest BCUT2D eigenvalue weighted by Gasteiger charge is -2.17. The molecule has 0 saturated heterocycles. The summed E-state index contributed by atoms with van der Waals surface area (Å²) in [5, 5.41) is 11.4. The molecule has 7 nitrogen and oxygen atoms in total. The normalized spacial score (nSPS) is 13.1. The van der Waals surface area contributed by atoms with Crippen molar-refractivity contribution in [1.82, 2.24) is 5.32 Å². The summed E-state index contributed by atoms with van der Waals surface area (Å²) in [5.41, 5.74) is 11.8. The van der Waals surface area contributed by atoms with Crippen molar-refractivity contribution in [2.45, 2.75) is 37.8 Å². The van der Waals surface area contributed by atoms with Gasteiger partial charge in [0.05, 0.1) is 6.04 Å². The standard InChI is InChI=1S/C15H21N3O4/c16-11(7-6-10-4-2-1-3-5-10)14(20)18-12(15(21)22)8-9-13(17)19/h1-5,11-12H,6-9,16H2,(H2,17,19)(H,18,20)(H,21,22)/t11?,12-/m0/s1. The molecular formula is C15H21N3O4. The van der Waals surface area contributed by atoms with Crippen LogP contribution < -0.4 is 16.8 Å². The van der Waals surface area contributed by atoms with Crippen LogP contribution in [0.15, 0.2) is 30.3 Å². The summed E-state index contributed by atoms with van der Waals surface area (Å²) in [4.78, 5) is 33.6. The molecule has 1 aromatic rings. The third-order valence-electron chi connectivity index (χ3n) is 3.22. The highest BCUT2D eigenvalue weighted by molar-refractivity contribution is 5.87. The fourth-order valence-electron chi connectivity index (χ4n) is 1.92. The van der Waals surface area contributed by atoms with Crippen LogP contribution in [0, 0.1) is 0 Å². The number of aryl methyl sites for hydroxylation is 1. The Bertz CT molecular complexity index is 519. The number of carboxylic acid groups (broad SMARTS) is 1. The van der Waals surface area contributed by atoms with Gasteiger partial charge in [0.1, 0.15) is 6.04 Å². The highest BCUT2D eigenvalue weighted by Gasteiger charge is 2.23. The van der Waals surface area contributed by atoms with Crippen molar-refractivity contribution >= 4 is 17.8 Å². The molecule has 0 spiro atoms. The quantitative estimate of drug-likeness (QED) is 0.500. The fraction of sp³-hybridized carbons (Fsp3) is 0.400. The maximum absolute atomic E-state index is 11.9. The molecule has 22 heavy (non-hydrogen) atoms. The van der Waals surface area contributed by atoms with Crippen LogP contribution in [-0.2, 0) is 20.8 Å². The first-order valence-corrected chi connectivity index (χ1v) is 7.01. The van der Waals surface area contributed by atoms with Crippen LogP contribution in [0.4, 0.5) is 0 Å². The van der Waals surface area contributed by atoms with Gasteiger partial charge in [-0.2, -0.15) is 0 Å². The van der Waals surface area contributed by atoms with E-state index in [4.69, 9.17) is 16.6 Å². The van der Waals surface area contributed by atoms with Gasteiger partial charge < -0.3 is 21.9 Å². The van der Waals surface area contributed by atoms with E-state index in [-0.39, 0.29) is 12.8 Å². The SMILES string of the molecule is NC(=O)CC[C@H](NC(=O)C(N)CCc1ccccc1)C(=O)O. The number of benzene rings is 1. The van der Waals surface area contributed by atoms with Gasteiger partial charge in [-0.15, -0.1) is 0 Å². The Morgan fingerprint density at radius 3 is 2.32 bits per heavy atom. The predicted octanol–water partition coefficient (Wildman–Crippen LogP) is -0.219. The van der Waals surface area contributed by atoms with Gasteiger partial charge in [-0.1, -0.05) is 30.3 Å². The minimum absolute atomic E-state index is 0.0538. The first-order chi connectivity index (χ1) is 10.4. The molecule has 0 saturated carbocycles. The van der Waals surface area contributed by atoms with Gasteiger partial charge in [-0.3, -0.25) is 9.59 Å². The van der Waals surface area contributed by atoms with E-state index in [1.54, 1.807) is 0 Å². The van der Waals surface area contributed by atoms with E-state index in [1.165, 1.54) is 0 Å². The number of nitrogens with one attached hydrogen (secondary N) is 1. The number of rotatable bonds is 9. The maximum Gasteiger partial charge on any atom is 0.326 e. The first-order valence-electron chi connectivity index (χ1n) is 7.01. The van der Waals surface area contributed by atoms with Crippen LogP contribution in [-0.4, -0.2) is 35.0 Å². The molecule has 0 aromatic heterocycles. The summed E-state index contributed by atoms with van der Waals surface area (Å²) < 4.78 is 0. The molecule has 0 fully saturated rings. The Balaban J connectivity index is 2.46. The van der Waals surface area contributed by atoms with Crippen LogP contribution in [0.1, 0.15) is 24.8 Å². The van der Waals surface area contributed by atoms with Crippen molar-refractivity contribution in [2.75, 3.05) is 0 Å². The van der Waals surface area contributed by atoms with Gasteiger partial charge in [0.2, 0.25) is 11.8 Å². The van der Waals surface area contributed by atoms with E-state index in [9.17, 15) is 14.4 Å². The summed E-state index contributed by atoms with van der Waals surface area (Å²) in [6.07, 6.45) is 0.852. The third kappa shape index (κ3) is 6.36. The second kappa shape index (κ2) is 8.78. The van der Waals surface area contributed by atoms with Crippen LogP contribution in [0.3, 0.4) is 0 Å². The minimum Gasteiger partial charge on any atom is -0.480 e. The van der Waals surface area contributed by atoms with E-state index in [0.29, 0.717) is 12.8 Å². The third-order valence-corrected chi connectivity index (χ3v) is 3.22. The monoisotopic (exact) mass is 307 g/mol. The summed E-state index contributed by atoms with van der Waals surface area (Å²) >= 11 is 0. The lowest BCUT2D eigenvalue weighted by molar-refractivity contribution is -0.142. The molecule has 0 heterocycles. The zero-order chi connectivity index (χ0) is 16.5. The average Bonchev–Trinajstić information content (AvgIpc) is 2.49. The molecule has 6 N–H and O–H groups in total. The Morgan fingerprint density at radius 1 is 1.14 bits per heavy atom. The van der Waals surface area contributed by atoms with Gasteiger partial charge in [0.15, 0.2) is 0 Å². The van der Waals surface area contributed by atoms with Crippen LogP contribution in [0.2, 0.25) is 0 Å². The largest absolute Gasteiger partial charge is 0.480 e. The smallest absolute Gasteiger partial charge is 0.326 e. The molecule has 7 heteroatoms. The van der Waals surface area contributed by atoms with Crippen molar-refractivity contribution in [1.29, 1.82) is 0 Å². The molecule has 1 rings (SSSR count). The van der Waals surface area contributed by atoms with E-state index in [1.807, 2.05) is 30.3 Å². The van der Waals surface area contributed by atoms with Crippen molar-refractivity contribution in [2.24, 2.45) is 11.5 Å². The number of aliphatic carboxylic acids is 1. The van der Waals surface area contributed by atoms with Gasteiger partial charge >= 0.3 is 5.97 Å². The number of carbonyl (C=O) groups is 3. The molecule has 1 unspecified atom stereocenters. The molecular weight excluding hydrogens is 286 g/mol. The molecule has 0 aliphatic heterocycles. The Labute approximate surface area is 128 Å². The van der Waals surface area contributed by atoms with E-state index in [2.05, 4.69) is 5.32 Å². The summed E-state index contributed by atoms with van der Waals surface area (Å²) in [5.74, 6) is -2.38. The molecule has 0 radical (unpaired) electrons. The summed E-state index contributed by atoms with van der Waals surface area (Å²) in [7, 11) is 0. The molecule has 0 aliphatic rings. The number of hydrogen-bond acceptors (Lipinski definition) is 4. The predicted molar refractivity (Wildman–Crippen MR) is 80.7 cm³/mol. The van der Waals surface area contributed by atoms with E-state index < -0.39 is 29.9 Å². The Morgan fingerprint density at radius 2 is 1.77 bits per heavy atom. The van der Waals surface area contributed by atoms with Gasteiger partial charge in [-0.05, 0) is 24.8 Å². The lowest BCUT2D eigenvalue weighted by Crippen LogP contribution is -2.48. The molecule has 2 atom stereocenters. The van der Waals surface area contributed by atoms with E-state index >= 15 is 0 Å². The van der Waals surface area contributed by atoms with Crippen LogP contribution in [0.5, 0.6) is 0 Å². The number of hydrogen-bond donors (Lipinski definition) is 4. The molecule has 0 bridgehead atoms. The second-order valence-electron chi connectivity index (χ2n) is 5.04. The zero-order valence-electron chi connectivity index (χ0n) is 12.2. The fourth-order valence-corrected chi connectivity index (χ4v) is 1.92. The highest BCUT2D eigenvalue weighted by Crippen LogP contribution is 2.05. The lowest BCUT2D eigenvalue weighted by atomic mass is 10.0.